The number of hydrogen-bond acceptors (Lipinski definition) is 7. The maximum Gasteiger partial charge on any atom is 0.337 e. The second-order valence-corrected chi connectivity index (χ2v) is 10.1. The quantitative estimate of drug-likeness (QED) is 0.165. The second-order valence-electron chi connectivity index (χ2n) is 9.65. The average Bonchev–Trinajstić information content (AvgIpc) is 3.64. The summed E-state index contributed by atoms with van der Waals surface area (Å²) < 4.78 is 47.5. The Kier molecular flexibility index (Phi) is 7.84. The molecule has 0 aliphatic rings. The van der Waals surface area contributed by atoms with Gasteiger partial charge in [0.2, 0.25) is 5.88 Å². The van der Waals surface area contributed by atoms with Crippen LogP contribution in [0.4, 0.5) is 8.78 Å². The molecule has 0 spiro atoms. The van der Waals surface area contributed by atoms with Gasteiger partial charge in [-0.25, -0.2) is 28.5 Å². The standard InChI is InChI=1S/C32H23ClF2N4O4/c1-41-32(40)20-7-10-28-29(13-20)39(16-23-15-36-18-43-23)30(37-28)12-19-5-9-24(26(35)11-19)27-3-2-4-31(38-27)42-17-21-6-8-22(33)14-25(21)34/h2-11,13-15,18H,12,16-17H2,1H3. The normalized spacial score (nSPS) is 11.2. The zero-order valence-corrected chi connectivity index (χ0v) is 23.5. The molecular formula is C32H23ClF2N4O4. The van der Waals surface area contributed by atoms with Crippen LogP contribution in [0.25, 0.3) is 22.3 Å². The molecule has 3 aromatic carbocycles. The highest BCUT2D eigenvalue weighted by Crippen LogP contribution is 2.27. The Morgan fingerprint density at radius 1 is 1.00 bits per heavy atom. The topological polar surface area (TPSA) is 92.3 Å². The molecule has 3 aromatic heterocycles. The van der Waals surface area contributed by atoms with Gasteiger partial charge in [-0.3, -0.25) is 0 Å². The minimum atomic E-state index is -0.483. The minimum Gasteiger partial charge on any atom is -0.473 e. The number of imidazole rings is 1. The molecule has 8 nitrogen and oxygen atoms in total. The van der Waals surface area contributed by atoms with Gasteiger partial charge in [-0.1, -0.05) is 29.8 Å². The first-order valence-corrected chi connectivity index (χ1v) is 13.5. The predicted molar refractivity (Wildman–Crippen MR) is 155 cm³/mol. The lowest BCUT2D eigenvalue weighted by atomic mass is 10.1. The van der Waals surface area contributed by atoms with E-state index in [1.54, 1.807) is 60.8 Å². The van der Waals surface area contributed by atoms with Crippen molar-refractivity contribution < 1.29 is 27.5 Å². The number of benzene rings is 3. The maximum absolute atomic E-state index is 15.5. The number of carbonyl (C=O) groups excluding carboxylic acids is 1. The summed E-state index contributed by atoms with van der Waals surface area (Å²) in [5.41, 5.74) is 3.39. The summed E-state index contributed by atoms with van der Waals surface area (Å²) in [6, 6.07) is 19.3. The Balaban J connectivity index is 1.26. The number of aromatic nitrogens is 4. The minimum absolute atomic E-state index is 0.0585. The van der Waals surface area contributed by atoms with E-state index >= 15 is 4.39 Å². The number of methoxy groups -OCH3 is 1. The van der Waals surface area contributed by atoms with E-state index in [4.69, 9.17) is 30.5 Å². The van der Waals surface area contributed by atoms with Crippen LogP contribution >= 0.6 is 11.6 Å². The summed E-state index contributed by atoms with van der Waals surface area (Å²) in [7, 11) is 1.32. The van der Waals surface area contributed by atoms with E-state index in [-0.39, 0.29) is 18.1 Å². The molecule has 0 unspecified atom stereocenters. The highest BCUT2D eigenvalue weighted by Gasteiger charge is 2.17. The number of halogens is 3. The predicted octanol–water partition coefficient (Wildman–Crippen LogP) is 7.02. The van der Waals surface area contributed by atoms with E-state index in [2.05, 4.69) is 9.97 Å². The summed E-state index contributed by atoms with van der Waals surface area (Å²) in [6.07, 6.45) is 3.24. The van der Waals surface area contributed by atoms with Crippen molar-refractivity contribution in [3.63, 3.8) is 0 Å². The number of rotatable bonds is 9. The van der Waals surface area contributed by atoms with E-state index in [1.807, 2.05) is 4.57 Å². The summed E-state index contributed by atoms with van der Waals surface area (Å²) in [5.74, 6) is 0.0397. The maximum atomic E-state index is 15.5. The van der Waals surface area contributed by atoms with Gasteiger partial charge in [0.15, 0.2) is 6.39 Å². The van der Waals surface area contributed by atoms with Crippen LogP contribution in [0.15, 0.2) is 89.8 Å². The number of pyridine rings is 1. The first-order valence-electron chi connectivity index (χ1n) is 13.2. The summed E-state index contributed by atoms with van der Waals surface area (Å²) in [5, 5.41) is 0.292. The molecule has 3 heterocycles. The zero-order valence-electron chi connectivity index (χ0n) is 22.8. The number of nitrogens with zero attached hydrogens (tertiary/aromatic N) is 4. The van der Waals surface area contributed by atoms with E-state index in [0.29, 0.717) is 63.0 Å². The Morgan fingerprint density at radius 3 is 2.65 bits per heavy atom. The van der Waals surface area contributed by atoms with Crippen molar-refractivity contribution in [2.24, 2.45) is 0 Å². The van der Waals surface area contributed by atoms with Crippen molar-refractivity contribution in [1.29, 1.82) is 0 Å². The molecule has 43 heavy (non-hydrogen) atoms. The number of oxazole rings is 1. The van der Waals surface area contributed by atoms with Crippen LogP contribution in [0, 0.1) is 11.6 Å². The van der Waals surface area contributed by atoms with Crippen molar-refractivity contribution in [2.45, 2.75) is 19.6 Å². The van der Waals surface area contributed by atoms with Gasteiger partial charge >= 0.3 is 5.97 Å². The number of carbonyl (C=O) groups is 1. The van der Waals surface area contributed by atoms with E-state index in [9.17, 15) is 9.18 Å². The number of hydrogen-bond donors (Lipinski definition) is 0. The molecule has 0 aliphatic heterocycles. The molecule has 0 atom stereocenters. The second kappa shape index (κ2) is 12.0. The molecule has 216 valence electrons. The third kappa shape index (κ3) is 6.09. The van der Waals surface area contributed by atoms with E-state index in [0.717, 1.165) is 0 Å². The third-order valence-electron chi connectivity index (χ3n) is 6.83. The molecular weight excluding hydrogens is 578 g/mol. The molecule has 0 saturated carbocycles. The molecule has 0 bridgehead atoms. The van der Waals surface area contributed by atoms with E-state index in [1.165, 1.54) is 31.7 Å². The Bertz CT molecular complexity index is 1940. The fraction of sp³-hybridized carbons (Fsp3) is 0.125. The number of fused-ring (bicyclic) bond motifs is 1. The van der Waals surface area contributed by atoms with Crippen LogP contribution in [0.3, 0.4) is 0 Å². The highest BCUT2D eigenvalue weighted by atomic mass is 35.5. The van der Waals surface area contributed by atoms with Gasteiger partial charge in [0.25, 0.3) is 0 Å². The molecule has 11 heteroatoms. The van der Waals surface area contributed by atoms with Gasteiger partial charge in [-0.05, 0) is 54.1 Å². The molecule has 6 aromatic rings. The Hall–Kier alpha value is -5.09. The van der Waals surface area contributed by atoms with Crippen molar-refractivity contribution in [1.82, 2.24) is 19.5 Å². The van der Waals surface area contributed by atoms with Crippen molar-refractivity contribution in [2.75, 3.05) is 7.11 Å². The van der Waals surface area contributed by atoms with Gasteiger partial charge in [0.1, 0.15) is 29.8 Å². The molecule has 0 amide bonds. The van der Waals surface area contributed by atoms with E-state index < -0.39 is 17.6 Å². The lowest BCUT2D eigenvalue weighted by Gasteiger charge is -2.11. The largest absolute Gasteiger partial charge is 0.473 e. The molecule has 0 fully saturated rings. The third-order valence-corrected chi connectivity index (χ3v) is 7.07. The lowest BCUT2D eigenvalue weighted by molar-refractivity contribution is 0.0601. The first-order chi connectivity index (χ1) is 20.9. The van der Waals surface area contributed by atoms with Crippen LogP contribution < -0.4 is 4.74 Å². The first kappa shape index (κ1) is 28.0. The van der Waals surface area contributed by atoms with Crippen molar-refractivity contribution in [3.8, 4) is 17.1 Å². The fourth-order valence-corrected chi connectivity index (χ4v) is 4.86. The SMILES string of the molecule is COC(=O)c1ccc2nc(Cc3ccc(-c4cccc(OCc5ccc(Cl)cc5F)n4)c(F)c3)n(Cc3cnco3)c2c1. The molecule has 0 saturated heterocycles. The smallest absolute Gasteiger partial charge is 0.337 e. The van der Waals surface area contributed by atoms with Crippen LogP contribution in [0.1, 0.15) is 33.1 Å². The Morgan fingerprint density at radius 2 is 1.88 bits per heavy atom. The van der Waals surface area contributed by atoms with Crippen molar-refractivity contribution >= 4 is 28.6 Å². The van der Waals surface area contributed by atoms with Crippen molar-refractivity contribution in [3.05, 3.63) is 130 Å². The molecule has 6 rings (SSSR count). The van der Waals surface area contributed by atoms with Gasteiger partial charge in [0.05, 0.1) is 42.1 Å². The van der Waals surface area contributed by atoms with Gasteiger partial charge in [-0.2, -0.15) is 0 Å². The summed E-state index contributed by atoms with van der Waals surface area (Å²) >= 11 is 5.81. The summed E-state index contributed by atoms with van der Waals surface area (Å²) in [4.78, 5) is 25.3. The highest BCUT2D eigenvalue weighted by molar-refractivity contribution is 6.30. The molecule has 0 N–H and O–H groups in total. The Labute approximate surface area is 249 Å². The van der Waals surface area contributed by atoms with Gasteiger partial charge < -0.3 is 18.5 Å². The van der Waals surface area contributed by atoms with Crippen LogP contribution in [0.5, 0.6) is 5.88 Å². The van der Waals surface area contributed by atoms with Crippen LogP contribution in [0.2, 0.25) is 5.02 Å². The summed E-state index contributed by atoms with van der Waals surface area (Å²) in [6.45, 7) is 0.255. The number of ether oxygens (including phenoxy) is 2. The molecule has 0 aliphatic carbocycles. The van der Waals surface area contributed by atoms with Gasteiger partial charge in [-0.15, -0.1) is 0 Å². The lowest BCUT2D eigenvalue weighted by Crippen LogP contribution is -2.07. The average molecular weight is 601 g/mol. The molecule has 0 radical (unpaired) electrons. The van der Waals surface area contributed by atoms with Crippen LogP contribution in [-0.4, -0.2) is 32.6 Å². The monoisotopic (exact) mass is 600 g/mol. The number of esters is 1. The van der Waals surface area contributed by atoms with Crippen LogP contribution in [-0.2, 0) is 24.3 Å². The van der Waals surface area contributed by atoms with Gasteiger partial charge in [0, 0.05) is 28.6 Å². The zero-order chi connectivity index (χ0) is 29.9. The fourth-order valence-electron chi connectivity index (χ4n) is 4.70.